The lowest BCUT2D eigenvalue weighted by molar-refractivity contribution is 1.12. The molecular formula is C15H14Cl2S. The summed E-state index contributed by atoms with van der Waals surface area (Å²) in [6, 6.07) is 12.2. The van der Waals surface area contributed by atoms with Crippen molar-refractivity contribution >= 4 is 40.6 Å². The molecule has 1 aromatic heterocycles. The Morgan fingerprint density at radius 3 is 2.78 bits per heavy atom. The van der Waals surface area contributed by atoms with Gasteiger partial charge in [-0.05, 0) is 42.3 Å². The fourth-order valence-corrected chi connectivity index (χ4v) is 3.12. The van der Waals surface area contributed by atoms with Crippen LogP contribution in [0.15, 0.2) is 42.0 Å². The average Bonchev–Trinajstić information content (AvgIpc) is 2.84. The van der Waals surface area contributed by atoms with Gasteiger partial charge in [0, 0.05) is 20.7 Å². The summed E-state index contributed by atoms with van der Waals surface area (Å²) < 4.78 is 0. The second-order valence-electron chi connectivity index (χ2n) is 4.00. The monoisotopic (exact) mass is 296 g/mol. The normalized spacial score (nSPS) is 11.8. The van der Waals surface area contributed by atoms with Crippen LogP contribution in [0.1, 0.15) is 18.2 Å². The van der Waals surface area contributed by atoms with Crippen molar-refractivity contribution in [1.29, 1.82) is 0 Å². The molecule has 1 aromatic carbocycles. The number of hydrogen-bond acceptors (Lipinski definition) is 1. The van der Waals surface area contributed by atoms with E-state index in [1.807, 2.05) is 18.2 Å². The Balaban J connectivity index is 2.28. The van der Waals surface area contributed by atoms with Crippen LogP contribution in [-0.4, -0.2) is 5.88 Å². The van der Waals surface area contributed by atoms with Gasteiger partial charge < -0.3 is 0 Å². The maximum absolute atomic E-state index is 6.01. The van der Waals surface area contributed by atoms with Crippen LogP contribution in [0, 0.1) is 0 Å². The Bertz CT molecular complexity index is 549. The maximum Gasteiger partial charge on any atom is 0.0437 e. The molecule has 0 radical (unpaired) electrons. The second kappa shape index (κ2) is 6.42. The van der Waals surface area contributed by atoms with Gasteiger partial charge in [0.1, 0.15) is 0 Å². The molecule has 1 heterocycles. The van der Waals surface area contributed by atoms with Crippen LogP contribution in [0.5, 0.6) is 0 Å². The number of rotatable bonds is 4. The van der Waals surface area contributed by atoms with Gasteiger partial charge in [-0.2, -0.15) is 0 Å². The van der Waals surface area contributed by atoms with Crippen molar-refractivity contribution in [2.75, 3.05) is 5.88 Å². The van der Waals surface area contributed by atoms with E-state index in [0.717, 1.165) is 17.0 Å². The Morgan fingerprint density at radius 1 is 1.28 bits per heavy atom. The lowest BCUT2D eigenvalue weighted by Gasteiger charge is -1.98. The second-order valence-corrected chi connectivity index (χ2v) is 5.82. The van der Waals surface area contributed by atoms with Gasteiger partial charge in [0.05, 0.1) is 0 Å². The third-order valence-corrected chi connectivity index (χ3v) is 4.37. The van der Waals surface area contributed by atoms with Gasteiger partial charge in [-0.25, -0.2) is 0 Å². The lowest BCUT2D eigenvalue weighted by atomic mass is 10.2. The first-order valence-electron chi connectivity index (χ1n) is 5.84. The van der Waals surface area contributed by atoms with Gasteiger partial charge in [-0.15, -0.1) is 22.9 Å². The van der Waals surface area contributed by atoms with Crippen molar-refractivity contribution in [3.8, 4) is 10.4 Å². The van der Waals surface area contributed by atoms with E-state index in [4.69, 9.17) is 23.2 Å². The van der Waals surface area contributed by atoms with Crippen LogP contribution in [0.4, 0.5) is 0 Å². The molecule has 0 nitrogen and oxygen atoms in total. The summed E-state index contributed by atoms with van der Waals surface area (Å²) in [5.41, 5.74) is 2.42. The molecule has 0 saturated carbocycles. The number of benzene rings is 1. The van der Waals surface area contributed by atoms with Crippen LogP contribution >= 0.6 is 34.5 Å². The minimum Gasteiger partial charge on any atom is -0.136 e. The van der Waals surface area contributed by atoms with Crippen LogP contribution in [0.3, 0.4) is 0 Å². The van der Waals surface area contributed by atoms with Crippen LogP contribution in [0.25, 0.3) is 16.5 Å². The van der Waals surface area contributed by atoms with Crippen LogP contribution in [-0.2, 0) is 0 Å². The Labute approximate surface area is 122 Å². The zero-order valence-corrected chi connectivity index (χ0v) is 12.4. The van der Waals surface area contributed by atoms with Gasteiger partial charge in [-0.1, -0.05) is 36.2 Å². The topological polar surface area (TPSA) is 0 Å². The lowest BCUT2D eigenvalue weighted by Crippen LogP contribution is -1.79. The first-order chi connectivity index (χ1) is 8.72. The van der Waals surface area contributed by atoms with E-state index in [1.54, 1.807) is 11.3 Å². The quantitative estimate of drug-likeness (QED) is 0.598. The van der Waals surface area contributed by atoms with Gasteiger partial charge in [0.25, 0.3) is 0 Å². The fraction of sp³-hybridized carbons (Fsp3) is 0.200. The molecule has 0 aliphatic heterocycles. The third kappa shape index (κ3) is 3.38. The molecule has 0 saturated heterocycles. The van der Waals surface area contributed by atoms with Crippen molar-refractivity contribution in [2.45, 2.75) is 13.3 Å². The molecule has 0 aliphatic rings. The Kier molecular flexibility index (Phi) is 4.87. The maximum atomic E-state index is 6.01. The number of hydrogen-bond donors (Lipinski definition) is 0. The minimum atomic E-state index is 0.598. The van der Waals surface area contributed by atoms with E-state index in [2.05, 4.69) is 31.2 Å². The smallest absolute Gasteiger partial charge is 0.0437 e. The molecular weight excluding hydrogens is 283 g/mol. The largest absolute Gasteiger partial charge is 0.136 e. The highest BCUT2D eigenvalue weighted by molar-refractivity contribution is 7.16. The molecule has 2 aromatic rings. The van der Waals surface area contributed by atoms with Gasteiger partial charge in [0.2, 0.25) is 0 Å². The number of halogens is 2. The number of allylic oxidation sites excluding steroid dienone is 1. The van der Waals surface area contributed by atoms with Crippen molar-refractivity contribution in [3.63, 3.8) is 0 Å². The summed E-state index contributed by atoms with van der Waals surface area (Å²) in [5.74, 6) is 0.598. The summed E-state index contributed by atoms with van der Waals surface area (Å²) in [7, 11) is 0. The summed E-state index contributed by atoms with van der Waals surface area (Å²) >= 11 is 13.6. The first kappa shape index (κ1) is 13.7. The molecule has 3 heteroatoms. The number of thiophene rings is 1. The molecule has 18 heavy (non-hydrogen) atoms. The van der Waals surface area contributed by atoms with Crippen molar-refractivity contribution in [1.82, 2.24) is 0 Å². The van der Waals surface area contributed by atoms with E-state index in [0.29, 0.717) is 5.88 Å². The molecule has 0 fully saturated rings. The van der Waals surface area contributed by atoms with E-state index in [1.165, 1.54) is 15.3 Å². The first-order valence-corrected chi connectivity index (χ1v) is 7.57. The Hall–Kier alpha value is -0.760. The molecule has 0 bridgehead atoms. The fourth-order valence-electron chi connectivity index (χ4n) is 1.66. The average molecular weight is 297 g/mol. The Morgan fingerprint density at radius 2 is 2.11 bits per heavy atom. The van der Waals surface area contributed by atoms with Crippen LogP contribution in [0.2, 0.25) is 5.02 Å². The SMILES string of the molecule is CCC(=Cc1ccc(-c2cccc(Cl)c2)s1)CCl. The van der Waals surface area contributed by atoms with E-state index in [9.17, 15) is 0 Å². The van der Waals surface area contributed by atoms with Gasteiger partial charge >= 0.3 is 0 Å². The summed E-state index contributed by atoms with van der Waals surface area (Å²) in [5, 5.41) is 0.771. The predicted molar refractivity (Wildman–Crippen MR) is 83.8 cm³/mol. The van der Waals surface area contributed by atoms with E-state index >= 15 is 0 Å². The zero-order valence-electron chi connectivity index (χ0n) is 10.1. The van der Waals surface area contributed by atoms with Crippen LogP contribution < -0.4 is 0 Å². The van der Waals surface area contributed by atoms with E-state index in [-0.39, 0.29) is 0 Å². The van der Waals surface area contributed by atoms with Crippen molar-refractivity contribution in [3.05, 3.63) is 51.9 Å². The van der Waals surface area contributed by atoms with E-state index < -0.39 is 0 Å². The molecule has 0 atom stereocenters. The third-order valence-electron chi connectivity index (χ3n) is 2.71. The zero-order chi connectivity index (χ0) is 13.0. The highest BCUT2D eigenvalue weighted by atomic mass is 35.5. The summed E-state index contributed by atoms with van der Waals surface area (Å²) in [4.78, 5) is 2.47. The molecule has 2 rings (SSSR count). The molecule has 0 unspecified atom stereocenters. The predicted octanol–water partition coefficient (Wildman–Crippen LogP) is 6.10. The molecule has 0 N–H and O–H groups in total. The number of alkyl halides is 1. The highest BCUT2D eigenvalue weighted by Gasteiger charge is 2.03. The molecule has 0 amide bonds. The van der Waals surface area contributed by atoms with Gasteiger partial charge in [-0.3, -0.25) is 0 Å². The van der Waals surface area contributed by atoms with Crippen molar-refractivity contribution in [2.24, 2.45) is 0 Å². The molecule has 0 aliphatic carbocycles. The molecule has 94 valence electrons. The summed E-state index contributed by atoms with van der Waals surface area (Å²) in [6.45, 7) is 2.12. The minimum absolute atomic E-state index is 0.598. The van der Waals surface area contributed by atoms with Gasteiger partial charge in [0.15, 0.2) is 0 Å². The molecule has 0 spiro atoms. The van der Waals surface area contributed by atoms with Crippen molar-refractivity contribution < 1.29 is 0 Å². The highest BCUT2D eigenvalue weighted by Crippen LogP contribution is 2.31. The summed E-state index contributed by atoms with van der Waals surface area (Å²) in [6.07, 6.45) is 3.17. The standard InChI is InChI=1S/C15H14Cl2S/c1-2-11(10-16)8-14-6-7-15(18-14)12-4-3-5-13(17)9-12/h3-9H,2,10H2,1H3.